The molecule has 0 atom stereocenters. The lowest BCUT2D eigenvalue weighted by Crippen LogP contribution is -2.25. The van der Waals surface area contributed by atoms with E-state index < -0.39 is 11.5 Å². The number of rotatable bonds is 6. The molecule has 2 aromatic rings. The topological polar surface area (TPSA) is 68.5 Å². The van der Waals surface area contributed by atoms with Gasteiger partial charge in [-0.1, -0.05) is 12.1 Å². The Morgan fingerprint density at radius 1 is 1.42 bits per heavy atom. The molecule has 1 heterocycles. The van der Waals surface area contributed by atoms with E-state index in [1.165, 1.54) is 36.3 Å². The quantitative estimate of drug-likeness (QED) is 0.871. The van der Waals surface area contributed by atoms with Crippen LogP contribution in [0.5, 0.6) is 5.75 Å². The predicted octanol–water partition coefficient (Wildman–Crippen LogP) is 3.04. The van der Waals surface area contributed by atoms with Crippen molar-refractivity contribution in [2.75, 3.05) is 6.61 Å². The highest BCUT2D eigenvalue weighted by atomic mass is 32.2. The first-order valence-corrected chi connectivity index (χ1v) is 9.04. The first-order valence-electron chi connectivity index (χ1n) is 8.16. The van der Waals surface area contributed by atoms with E-state index in [0.29, 0.717) is 23.3 Å². The summed E-state index contributed by atoms with van der Waals surface area (Å²) in [7, 11) is 1.59. The molecule has 126 valence electrons. The number of hydrogen-bond donors (Lipinski definition) is 1. The van der Waals surface area contributed by atoms with E-state index in [4.69, 9.17) is 4.74 Å². The molecule has 1 aromatic heterocycles. The number of hydrogen-bond acceptors (Lipinski definition) is 4. The molecule has 5 nitrogen and oxygen atoms in total. The monoisotopic (exact) mass is 345 g/mol. The van der Waals surface area contributed by atoms with Gasteiger partial charge in [0.2, 0.25) is 0 Å². The van der Waals surface area contributed by atoms with E-state index in [1.54, 1.807) is 13.1 Å². The Balaban J connectivity index is 1.67. The van der Waals surface area contributed by atoms with Crippen molar-refractivity contribution in [2.45, 2.75) is 35.7 Å². The zero-order valence-electron chi connectivity index (χ0n) is 13.4. The highest BCUT2D eigenvalue weighted by molar-refractivity contribution is 8.01. The number of ether oxygens (including phenoxy) is 1. The van der Waals surface area contributed by atoms with Crippen LogP contribution in [-0.4, -0.2) is 32.2 Å². The van der Waals surface area contributed by atoms with Crippen molar-refractivity contribution in [3.05, 3.63) is 40.2 Å². The Hall–Kier alpha value is -1.95. The number of para-hydroxylation sites is 1. The second-order valence-electron chi connectivity index (χ2n) is 6.71. The van der Waals surface area contributed by atoms with Crippen molar-refractivity contribution in [2.24, 2.45) is 7.05 Å². The Morgan fingerprint density at radius 3 is 2.79 bits per heavy atom. The summed E-state index contributed by atoms with van der Waals surface area (Å²) in [4.78, 5) is 23.5. The molecule has 1 N–H and O–H groups in total. The summed E-state index contributed by atoms with van der Waals surface area (Å²) in [6.45, 7) is 0.641. The van der Waals surface area contributed by atoms with Crippen molar-refractivity contribution in [1.29, 1.82) is 0 Å². The van der Waals surface area contributed by atoms with Gasteiger partial charge in [0.15, 0.2) is 0 Å². The fourth-order valence-corrected chi connectivity index (χ4v) is 4.51. The molecule has 0 amide bonds. The van der Waals surface area contributed by atoms with E-state index in [2.05, 4.69) is 0 Å². The van der Waals surface area contributed by atoms with Gasteiger partial charge in [0.1, 0.15) is 17.9 Å². The molecule has 0 aliphatic heterocycles. The maximum atomic E-state index is 12.3. The number of benzene rings is 1. The zero-order valence-corrected chi connectivity index (χ0v) is 14.3. The third-order valence-corrected chi connectivity index (χ3v) is 6.50. The molecular formula is C18H19NO4S. The average Bonchev–Trinajstić information content (AvgIpc) is 3.48. The Bertz CT molecular complexity index is 880. The smallest absolute Gasteiger partial charge is 0.341 e. The van der Waals surface area contributed by atoms with Gasteiger partial charge in [-0.3, -0.25) is 4.79 Å². The van der Waals surface area contributed by atoms with Gasteiger partial charge in [-0.15, -0.1) is 11.8 Å². The Labute approximate surface area is 143 Å². The van der Waals surface area contributed by atoms with Gasteiger partial charge in [0.25, 0.3) is 5.56 Å². The van der Waals surface area contributed by atoms with Crippen LogP contribution in [0.3, 0.4) is 0 Å². The molecule has 4 rings (SSSR count). The van der Waals surface area contributed by atoms with Crippen LogP contribution in [0.4, 0.5) is 0 Å². The SMILES string of the molecule is Cn1c(=O)c(C(=O)O)cc2cccc(OCC3(SC4CC4)CC3)c21. The molecule has 2 fully saturated rings. The zero-order chi connectivity index (χ0) is 16.9. The summed E-state index contributed by atoms with van der Waals surface area (Å²) in [5, 5.41) is 10.7. The van der Waals surface area contributed by atoms with Crippen molar-refractivity contribution in [3.63, 3.8) is 0 Å². The molecule has 1 aromatic carbocycles. The molecule has 0 unspecified atom stereocenters. The number of aromatic carboxylic acids is 1. The minimum atomic E-state index is -1.21. The number of nitrogens with zero attached hydrogens (tertiary/aromatic N) is 1. The van der Waals surface area contributed by atoms with Crippen LogP contribution in [0.15, 0.2) is 29.1 Å². The molecule has 24 heavy (non-hydrogen) atoms. The molecule has 0 spiro atoms. The summed E-state index contributed by atoms with van der Waals surface area (Å²) >= 11 is 2.05. The lowest BCUT2D eigenvalue weighted by molar-refractivity contribution is 0.0694. The molecule has 2 aliphatic rings. The second kappa shape index (κ2) is 5.55. The first kappa shape index (κ1) is 15.6. The number of aryl methyl sites for hydroxylation is 1. The van der Waals surface area contributed by atoms with Gasteiger partial charge in [0.05, 0.1) is 10.3 Å². The standard InChI is InChI=1S/C18H19NO4S/c1-19-15-11(9-13(16(19)20)17(21)22)3-2-4-14(15)23-10-18(7-8-18)24-12-5-6-12/h2-4,9,12H,5-8,10H2,1H3,(H,21,22). The normalized spacial score (nSPS) is 18.5. The van der Waals surface area contributed by atoms with Gasteiger partial charge < -0.3 is 14.4 Å². The highest BCUT2D eigenvalue weighted by Gasteiger charge is 2.48. The highest BCUT2D eigenvalue weighted by Crippen LogP contribution is 2.55. The van der Waals surface area contributed by atoms with E-state index >= 15 is 0 Å². The summed E-state index contributed by atoms with van der Waals surface area (Å²) in [6.07, 6.45) is 4.99. The maximum Gasteiger partial charge on any atom is 0.341 e. The summed E-state index contributed by atoms with van der Waals surface area (Å²) in [5.74, 6) is -0.562. The van der Waals surface area contributed by atoms with Crippen molar-refractivity contribution in [1.82, 2.24) is 4.57 Å². The molecule has 0 radical (unpaired) electrons. The first-order chi connectivity index (χ1) is 11.5. The second-order valence-corrected chi connectivity index (χ2v) is 8.48. The molecule has 2 aliphatic carbocycles. The molecule has 2 saturated carbocycles. The van der Waals surface area contributed by atoms with Crippen LogP contribution in [0, 0.1) is 0 Å². The Kier molecular flexibility index (Phi) is 3.60. The van der Waals surface area contributed by atoms with Gasteiger partial charge in [0, 0.05) is 17.7 Å². The van der Waals surface area contributed by atoms with Crippen molar-refractivity contribution < 1.29 is 14.6 Å². The summed E-state index contributed by atoms with van der Waals surface area (Å²) in [5.41, 5.74) is -0.0793. The average molecular weight is 345 g/mol. The third kappa shape index (κ3) is 2.79. The number of carbonyl (C=O) groups is 1. The third-order valence-electron chi connectivity index (χ3n) is 4.67. The van der Waals surface area contributed by atoms with Gasteiger partial charge in [-0.05, 0) is 37.8 Å². The molecular weight excluding hydrogens is 326 g/mol. The van der Waals surface area contributed by atoms with Gasteiger partial charge >= 0.3 is 5.97 Å². The van der Waals surface area contributed by atoms with E-state index in [-0.39, 0.29) is 10.3 Å². The van der Waals surface area contributed by atoms with Crippen LogP contribution in [-0.2, 0) is 7.05 Å². The van der Waals surface area contributed by atoms with E-state index in [1.807, 2.05) is 23.9 Å². The minimum Gasteiger partial charge on any atom is -0.490 e. The van der Waals surface area contributed by atoms with Crippen LogP contribution < -0.4 is 10.3 Å². The number of carboxylic acids is 1. The lowest BCUT2D eigenvalue weighted by Gasteiger charge is -2.18. The van der Waals surface area contributed by atoms with Crippen LogP contribution in [0.2, 0.25) is 0 Å². The largest absolute Gasteiger partial charge is 0.490 e. The number of fused-ring (bicyclic) bond motifs is 1. The van der Waals surface area contributed by atoms with Crippen LogP contribution >= 0.6 is 11.8 Å². The Morgan fingerprint density at radius 2 is 2.17 bits per heavy atom. The van der Waals surface area contributed by atoms with Gasteiger partial charge in [-0.25, -0.2) is 4.79 Å². The number of aromatic nitrogens is 1. The summed E-state index contributed by atoms with van der Waals surface area (Å²) < 4.78 is 7.70. The molecule has 0 saturated heterocycles. The van der Waals surface area contributed by atoms with Gasteiger partial charge in [-0.2, -0.15) is 0 Å². The fraction of sp³-hybridized carbons (Fsp3) is 0.444. The molecule has 0 bridgehead atoms. The maximum absolute atomic E-state index is 12.3. The van der Waals surface area contributed by atoms with Crippen LogP contribution in [0.1, 0.15) is 36.0 Å². The number of pyridine rings is 1. The molecule has 6 heteroatoms. The number of thioether (sulfide) groups is 1. The van der Waals surface area contributed by atoms with E-state index in [9.17, 15) is 14.7 Å². The predicted molar refractivity (Wildman–Crippen MR) is 94.2 cm³/mol. The van der Waals surface area contributed by atoms with Crippen LogP contribution in [0.25, 0.3) is 10.9 Å². The van der Waals surface area contributed by atoms with Crippen molar-refractivity contribution >= 4 is 28.6 Å². The number of carboxylic acid groups (broad SMARTS) is 1. The van der Waals surface area contributed by atoms with Crippen molar-refractivity contribution in [3.8, 4) is 5.75 Å². The van der Waals surface area contributed by atoms with E-state index in [0.717, 1.165) is 5.25 Å². The fourth-order valence-electron chi connectivity index (χ4n) is 2.97. The minimum absolute atomic E-state index is 0.217. The lowest BCUT2D eigenvalue weighted by atomic mass is 10.1. The summed E-state index contributed by atoms with van der Waals surface area (Å²) in [6, 6.07) is 6.92.